The molecule has 0 atom stereocenters. The van der Waals surface area contributed by atoms with Gasteiger partial charge in [-0.25, -0.2) is 15.0 Å². The lowest BCUT2D eigenvalue weighted by Crippen LogP contribution is -2.01. The Balaban J connectivity index is 1.15. The van der Waals surface area contributed by atoms with E-state index in [1.54, 1.807) is 0 Å². The second-order valence-electron chi connectivity index (χ2n) is 14.4. The average molecular weight is 704 g/mol. The van der Waals surface area contributed by atoms with Crippen LogP contribution < -0.4 is 0 Å². The molecular weight excluding hydrogens is 671 g/mol. The van der Waals surface area contributed by atoms with E-state index >= 15 is 0 Å². The van der Waals surface area contributed by atoms with E-state index in [-0.39, 0.29) is 0 Å². The van der Waals surface area contributed by atoms with Crippen molar-refractivity contribution in [2.45, 2.75) is 12.8 Å². The summed E-state index contributed by atoms with van der Waals surface area (Å²) in [4.78, 5) is 15.8. The molecule has 258 valence electrons. The Labute approximate surface area is 318 Å². The van der Waals surface area contributed by atoms with Crippen LogP contribution >= 0.6 is 0 Å². The molecule has 11 rings (SSSR count). The highest BCUT2D eigenvalue weighted by atomic mass is 16.3. The molecule has 55 heavy (non-hydrogen) atoms. The zero-order chi connectivity index (χ0) is 36.3. The van der Waals surface area contributed by atoms with Crippen LogP contribution in [-0.4, -0.2) is 15.0 Å². The number of hydrogen-bond donors (Lipinski definition) is 0. The van der Waals surface area contributed by atoms with Crippen molar-refractivity contribution in [2.75, 3.05) is 0 Å². The number of benzene rings is 8. The first-order chi connectivity index (χ1) is 27.2. The van der Waals surface area contributed by atoms with Crippen LogP contribution in [0.1, 0.15) is 17.5 Å². The van der Waals surface area contributed by atoms with Gasteiger partial charge in [-0.15, -0.1) is 0 Å². The molecular formula is C51H33N3O. The Kier molecular flexibility index (Phi) is 7.27. The van der Waals surface area contributed by atoms with Gasteiger partial charge in [-0.1, -0.05) is 133 Å². The van der Waals surface area contributed by atoms with E-state index in [0.29, 0.717) is 17.5 Å². The van der Waals surface area contributed by atoms with Crippen LogP contribution in [0.3, 0.4) is 0 Å². The predicted molar refractivity (Wildman–Crippen MR) is 227 cm³/mol. The van der Waals surface area contributed by atoms with Gasteiger partial charge in [-0.2, -0.15) is 0 Å². The van der Waals surface area contributed by atoms with Crippen LogP contribution in [-0.2, 0) is 6.42 Å². The highest BCUT2D eigenvalue weighted by molar-refractivity contribution is 6.13. The van der Waals surface area contributed by atoms with Crippen molar-refractivity contribution in [1.29, 1.82) is 0 Å². The molecule has 0 saturated carbocycles. The molecule has 1 aliphatic rings. The number of furan rings is 1. The first-order valence-corrected chi connectivity index (χ1v) is 18.8. The monoisotopic (exact) mass is 703 g/mol. The Morgan fingerprint density at radius 2 is 1.05 bits per heavy atom. The molecule has 0 saturated heterocycles. The van der Waals surface area contributed by atoms with Crippen molar-refractivity contribution in [1.82, 2.24) is 15.0 Å². The Morgan fingerprint density at radius 3 is 1.89 bits per heavy atom. The van der Waals surface area contributed by atoms with E-state index < -0.39 is 0 Å². The van der Waals surface area contributed by atoms with Gasteiger partial charge >= 0.3 is 0 Å². The Morgan fingerprint density at radius 1 is 0.418 bits per heavy atom. The number of aromatic nitrogens is 3. The standard InChI is InChI=1S/C51H33N3O/c1-2-10-32(11-3-1)38-22-19-35-21-25-41(29-42(35)28-38)50-52-49(40-24-20-34-13-5-7-15-37(34)27-40)53-51(54-50)45-30-43(39-23-18-33-12-4-6-14-36(33)26-39)31-47-48(45)44-16-8-9-17-46(44)55-47/h1-3,5-11,13-31H,4,12H2. The second kappa shape index (κ2) is 12.8. The molecule has 0 radical (unpaired) electrons. The molecule has 0 unspecified atom stereocenters. The minimum Gasteiger partial charge on any atom is -0.456 e. The van der Waals surface area contributed by atoms with E-state index in [2.05, 4.69) is 158 Å². The maximum absolute atomic E-state index is 6.58. The maximum atomic E-state index is 6.58. The van der Waals surface area contributed by atoms with E-state index in [9.17, 15) is 0 Å². The van der Waals surface area contributed by atoms with Gasteiger partial charge in [0.1, 0.15) is 11.2 Å². The molecule has 4 heteroatoms. The van der Waals surface area contributed by atoms with Gasteiger partial charge in [0.25, 0.3) is 0 Å². The highest BCUT2D eigenvalue weighted by Gasteiger charge is 2.20. The lowest BCUT2D eigenvalue weighted by molar-refractivity contribution is 0.669. The van der Waals surface area contributed by atoms with Gasteiger partial charge in [0.05, 0.1) is 0 Å². The van der Waals surface area contributed by atoms with Crippen molar-refractivity contribution in [3.05, 3.63) is 181 Å². The highest BCUT2D eigenvalue weighted by Crippen LogP contribution is 2.41. The molecule has 0 aliphatic heterocycles. The van der Waals surface area contributed by atoms with Crippen LogP contribution in [0, 0.1) is 0 Å². The van der Waals surface area contributed by atoms with Gasteiger partial charge in [-0.05, 0) is 110 Å². The number of hydrogen-bond acceptors (Lipinski definition) is 4. The number of nitrogens with zero attached hydrogens (tertiary/aromatic N) is 3. The van der Waals surface area contributed by atoms with Gasteiger partial charge in [0.2, 0.25) is 0 Å². The number of para-hydroxylation sites is 1. The lowest BCUT2D eigenvalue weighted by atomic mass is 9.92. The van der Waals surface area contributed by atoms with Crippen molar-refractivity contribution >= 4 is 49.6 Å². The summed E-state index contributed by atoms with van der Waals surface area (Å²) in [5.74, 6) is 1.84. The quantitative estimate of drug-likeness (QED) is 0.179. The average Bonchev–Trinajstić information content (AvgIpc) is 3.64. The molecule has 0 spiro atoms. The van der Waals surface area contributed by atoms with E-state index in [0.717, 1.165) is 78.8 Å². The summed E-state index contributed by atoms with van der Waals surface area (Å²) in [7, 11) is 0. The molecule has 0 amide bonds. The normalized spacial score (nSPS) is 12.5. The molecule has 4 nitrogen and oxygen atoms in total. The van der Waals surface area contributed by atoms with Crippen LogP contribution in [0.15, 0.2) is 174 Å². The fourth-order valence-electron chi connectivity index (χ4n) is 8.08. The SMILES string of the molecule is C1=Cc2cc(-c3cc(-c4nc(-c5ccc6ccccc6c5)nc(-c5ccc6ccc(-c7ccccc7)cc6c5)n4)c4c(c3)oc3ccccc34)ccc2CC1. The number of allylic oxidation sites excluding steroid dienone is 1. The fraction of sp³-hybridized carbons (Fsp3) is 0.0392. The third kappa shape index (κ3) is 5.58. The lowest BCUT2D eigenvalue weighted by Gasteiger charge is -2.14. The topological polar surface area (TPSA) is 51.8 Å². The number of rotatable bonds is 5. The minimum atomic E-state index is 0.600. The molecule has 1 aliphatic carbocycles. The van der Waals surface area contributed by atoms with Gasteiger partial charge in [-0.3, -0.25) is 0 Å². The molecule has 0 bridgehead atoms. The summed E-state index contributed by atoms with van der Waals surface area (Å²) in [5, 5.41) is 6.61. The first-order valence-electron chi connectivity index (χ1n) is 18.8. The first kappa shape index (κ1) is 31.4. The molecule has 0 N–H and O–H groups in total. The van der Waals surface area contributed by atoms with E-state index in [1.807, 2.05) is 18.2 Å². The molecule has 2 heterocycles. The smallest absolute Gasteiger partial charge is 0.164 e. The number of aryl methyl sites for hydroxylation is 1. The van der Waals surface area contributed by atoms with Gasteiger partial charge in [0, 0.05) is 27.5 Å². The van der Waals surface area contributed by atoms with Crippen molar-refractivity contribution in [2.24, 2.45) is 0 Å². The van der Waals surface area contributed by atoms with E-state index in [4.69, 9.17) is 19.4 Å². The fourth-order valence-corrected chi connectivity index (χ4v) is 8.08. The van der Waals surface area contributed by atoms with Crippen LogP contribution in [0.2, 0.25) is 0 Å². The zero-order valence-corrected chi connectivity index (χ0v) is 29.9. The predicted octanol–water partition coefficient (Wildman–Crippen LogP) is 13.4. The minimum absolute atomic E-state index is 0.600. The van der Waals surface area contributed by atoms with Gasteiger partial charge in [0.15, 0.2) is 17.5 Å². The summed E-state index contributed by atoms with van der Waals surface area (Å²) >= 11 is 0. The van der Waals surface area contributed by atoms with Crippen molar-refractivity contribution in [3.8, 4) is 56.4 Å². The Hall–Kier alpha value is -7.17. The van der Waals surface area contributed by atoms with Crippen LogP contribution in [0.4, 0.5) is 0 Å². The third-order valence-electron chi connectivity index (χ3n) is 10.9. The second-order valence-corrected chi connectivity index (χ2v) is 14.4. The molecule has 10 aromatic rings. The molecule has 2 aromatic heterocycles. The van der Waals surface area contributed by atoms with Crippen molar-refractivity contribution < 1.29 is 4.42 Å². The maximum Gasteiger partial charge on any atom is 0.164 e. The summed E-state index contributed by atoms with van der Waals surface area (Å²) in [6.45, 7) is 0. The zero-order valence-electron chi connectivity index (χ0n) is 29.9. The van der Waals surface area contributed by atoms with Gasteiger partial charge < -0.3 is 4.42 Å². The number of fused-ring (bicyclic) bond motifs is 6. The summed E-state index contributed by atoms with van der Waals surface area (Å²) in [5.41, 5.74) is 11.6. The summed E-state index contributed by atoms with van der Waals surface area (Å²) < 4.78 is 6.58. The summed E-state index contributed by atoms with van der Waals surface area (Å²) in [6, 6.07) is 57.8. The van der Waals surface area contributed by atoms with Crippen molar-refractivity contribution in [3.63, 3.8) is 0 Å². The van der Waals surface area contributed by atoms with E-state index in [1.165, 1.54) is 27.6 Å². The largest absolute Gasteiger partial charge is 0.456 e. The Bertz CT molecular complexity index is 3160. The molecule has 8 aromatic carbocycles. The van der Waals surface area contributed by atoms with Crippen LogP contribution in [0.25, 0.3) is 106 Å². The third-order valence-corrected chi connectivity index (χ3v) is 10.9. The molecule has 0 fully saturated rings. The summed E-state index contributed by atoms with van der Waals surface area (Å²) in [6.07, 6.45) is 6.64. The van der Waals surface area contributed by atoms with Crippen LogP contribution in [0.5, 0.6) is 0 Å².